The molecule has 0 saturated heterocycles. The first-order valence-electron chi connectivity index (χ1n) is 6.52. The van der Waals surface area contributed by atoms with Gasteiger partial charge in [0.15, 0.2) is 0 Å². The van der Waals surface area contributed by atoms with Crippen molar-refractivity contribution in [2.45, 2.75) is 39.3 Å². The zero-order chi connectivity index (χ0) is 14.0. The van der Waals surface area contributed by atoms with Crippen molar-refractivity contribution in [1.29, 1.82) is 0 Å². The molecular formula is C14H26ClPSi2. The third-order valence-corrected chi connectivity index (χ3v) is 16.5. The molecule has 4 heteroatoms. The lowest BCUT2D eigenvalue weighted by Crippen LogP contribution is -2.32. The first kappa shape index (κ1) is 16.3. The SMILES string of the molecule is C[Si](C)(C)C=P(Cl)(C[Si](C)(C)C)c1ccccc1. The van der Waals surface area contributed by atoms with Crippen LogP contribution < -0.4 is 5.30 Å². The molecule has 0 aliphatic carbocycles. The molecule has 1 atom stereocenters. The van der Waals surface area contributed by atoms with E-state index < -0.39 is 22.4 Å². The van der Waals surface area contributed by atoms with Crippen LogP contribution in [0.25, 0.3) is 0 Å². The summed E-state index contributed by atoms with van der Waals surface area (Å²) in [7, 11) is -2.43. The Labute approximate surface area is 120 Å². The van der Waals surface area contributed by atoms with E-state index in [9.17, 15) is 0 Å². The largest absolute Gasteiger partial charge is 0.0938 e. The quantitative estimate of drug-likeness (QED) is 0.539. The van der Waals surface area contributed by atoms with Crippen molar-refractivity contribution in [3.63, 3.8) is 0 Å². The molecule has 0 radical (unpaired) electrons. The topological polar surface area (TPSA) is 0 Å². The Kier molecular flexibility index (Phi) is 5.16. The number of benzene rings is 1. The molecule has 0 saturated carbocycles. The highest BCUT2D eigenvalue weighted by molar-refractivity contribution is 8.06. The minimum absolute atomic E-state index is 1.17. The number of hydrogen-bond acceptors (Lipinski definition) is 0. The molecule has 0 aliphatic rings. The Hall–Kier alpha value is 0.244. The summed E-state index contributed by atoms with van der Waals surface area (Å²) in [4.78, 5) is 0. The van der Waals surface area contributed by atoms with Crippen molar-refractivity contribution in [3.05, 3.63) is 30.3 Å². The maximum Gasteiger partial charge on any atom is 0.0706 e. The van der Waals surface area contributed by atoms with E-state index in [1.54, 1.807) is 0 Å². The third kappa shape index (κ3) is 5.48. The Balaban J connectivity index is 3.32. The van der Waals surface area contributed by atoms with E-state index in [1.165, 1.54) is 11.1 Å². The lowest BCUT2D eigenvalue weighted by Gasteiger charge is -2.29. The molecule has 1 aromatic carbocycles. The molecule has 0 fully saturated rings. The molecule has 0 heterocycles. The van der Waals surface area contributed by atoms with Crippen LogP contribution in [-0.4, -0.2) is 27.4 Å². The van der Waals surface area contributed by atoms with Crippen molar-refractivity contribution in [2.24, 2.45) is 0 Å². The lowest BCUT2D eigenvalue weighted by atomic mass is 10.4. The first-order valence-corrected chi connectivity index (χ1v) is 16.8. The predicted molar refractivity (Wildman–Crippen MR) is 96.5 cm³/mol. The Morgan fingerprint density at radius 2 is 1.50 bits per heavy atom. The summed E-state index contributed by atoms with van der Waals surface area (Å²) in [6.07, 6.45) is -1.59. The van der Waals surface area contributed by atoms with Crippen LogP contribution in [-0.2, 0) is 0 Å². The van der Waals surface area contributed by atoms with Crippen LogP contribution in [0.15, 0.2) is 30.3 Å². The highest BCUT2D eigenvalue weighted by Crippen LogP contribution is 2.53. The Morgan fingerprint density at radius 1 is 1.00 bits per heavy atom. The van der Waals surface area contributed by atoms with Crippen LogP contribution in [0.5, 0.6) is 0 Å². The fraction of sp³-hybridized carbons (Fsp3) is 0.500. The van der Waals surface area contributed by atoms with Gasteiger partial charge >= 0.3 is 0 Å². The van der Waals surface area contributed by atoms with Crippen molar-refractivity contribution in [3.8, 4) is 0 Å². The second kappa shape index (κ2) is 5.70. The lowest BCUT2D eigenvalue weighted by molar-refractivity contribution is 1.66. The van der Waals surface area contributed by atoms with Gasteiger partial charge < -0.3 is 0 Å². The molecule has 0 bridgehead atoms. The average Bonchev–Trinajstić information content (AvgIpc) is 2.13. The monoisotopic (exact) mass is 316 g/mol. The molecule has 0 nitrogen and oxygen atoms in total. The fourth-order valence-electron chi connectivity index (χ4n) is 2.19. The van der Waals surface area contributed by atoms with E-state index >= 15 is 0 Å². The van der Waals surface area contributed by atoms with Crippen LogP contribution >= 0.6 is 17.5 Å². The summed E-state index contributed by atoms with van der Waals surface area (Å²) in [5.74, 6) is 1.22. The maximum absolute atomic E-state index is 7.16. The first-order chi connectivity index (χ1) is 8.02. The minimum Gasteiger partial charge on any atom is -0.0938 e. The second-order valence-corrected chi connectivity index (χ2v) is 23.3. The van der Waals surface area contributed by atoms with E-state index in [0.717, 1.165) is 0 Å². The highest BCUT2D eigenvalue weighted by atomic mass is 35.7. The smallest absolute Gasteiger partial charge is 0.0706 e. The van der Waals surface area contributed by atoms with Gasteiger partial charge in [0.2, 0.25) is 0 Å². The van der Waals surface area contributed by atoms with Crippen molar-refractivity contribution < 1.29 is 0 Å². The van der Waals surface area contributed by atoms with Crippen LogP contribution in [0, 0.1) is 0 Å². The molecule has 0 aliphatic heterocycles. The van der Waals surface area contributed by atoms with Crippen LogP contribution in [0.2, 0.25) is 39.3 Å². The van der Waals surface area contributed by atoms with Gasteiger partial charge in [-0.05, 0) is 17.3 Å². The third-order valence-electron chi connectivity index (χ3n) is 2.48. The summed E-state index contributed by atoms with van der Waals surface area (Å²) in [6.45, 7) is 14.4. The second-order valence-electron chi connectivity index (χ2n) is 7.32. The molecule has 1 aromatic rings. The van der Waals surface area contributed by atoms with Crippen molar-refractivity contribution >= 4 is 44.4 Å². The number of rotatable bonds is 4. The predicted octanol–water partition coefficient (Wildman–Crippen LogP) is 5.04. The van der Waals surface area contributed by atoms with Crippen molar-refractivity contribution in [2.75, 3.05) is 5.79 Å². The fourth-order valence-corrected chi connectivity index (χ4v) is 22.0. The maximum atomic E-state index is 7.16. The van der Waals surface area contributed by atoms with Gasteiger partial charge in [0.1, 0.15) is 0 Å². The number of halogens is 1. The highest BCUT2D eigenvalue weighted by Gasteiger charge is 2.28. The van der Waals surface area contributed by atoms with Gasteiger partial charge in [-0.2, -0.15) is 0 Å². The molecular weight excluding hydrogens is 291 g/mol. The Morgan fingerprint density at radius 3 is 1.89 bits per heavy atom. The van der Waals surface area contributed by atoms with Gasteiger partial charge in [-0.15, -0.1) is 0 Å². The Bertz CT molecular complexity index is 441. The van der Waals surface area contributed by atoms with E-state index in [0.29, 0.717) is 0 Å². The zero-order valence-corrected chi connectivity index (χ0v) is 16.1. The van der Waals surface area contributed by atoms with E-state index in [4.69, 9.17) is 11.2 Å². The van der Waals surface area contributed by atoms with Crippen molar-refractivity contribution in [1.82, 2.24) is 0 Å². The van der Waals surface area contributed by atoms with E-state index in [-0.39, 0.29) is 0 Å². The molecule has 0 amide bonds. The van der Waals surface area contributed by atoms with Crippen LogP contribution in [0.3, 0.4) is 0 Å². The van der Waals surface area contributed by atoms with Gasteiger partial charge in [0, 0.05) is 0 Å². The summed E-state index contributed by atoms with van der Waals surface area (Å²) >= 11 is 7.16. The molecule has 0 N–H and O–H groups in total. The van der Waals surface area contributed by atoms with Crippen LogP contribution in [0.4, 0.5) is 0 Å². The van der Waals surface area contributed by atoms with Gasteiger partial charge in [0.25, 0.3) is 0 Å². The standard InChI is InChI=1S/C14H26ClPSi2/c1-17(2,3)12-16(15,13-18(4,5)6)14-10-8-7-9-11-14/h7-12H,13H2,1-6H3. The molecule has 102 valence electrons. The summed E-state index contributed by atoms with van der Waals surface area (Å²) < 4.78 is 0. The van der Waals surface area contributed by atoms with Gasteiger partial charge in [-0.1, -0.05) is 86.3 Å². The number of hydrogen-bond donors (Lipinski definition) is 0. The van der Waals surface area contributed by atoms with Crippen LogP contribution in [0.1, 0.15) is 0 Å². The molecule has 0 aromatic heterocycles. The average molecular weight is 317 g/mol. The molecule has 0 spiro atoms. The zero-order valence-electron chi connectivity index (χ0n) is 12.5. The van der Waals surface area contributed by atoms with E-state index in [2.05, 4.69) is 75.0 Å². The summed E-state index contributed by atoms with van der Waals surface area (Å²) in [5.41, 5.74) is 2.56. The normalized spacial score (nSPS) is 16.2. The minimum atomic E-state index is -1.59. The summed E-state index contributed by atoms with van der Waals surface area (Å²) in [5, 5.41) is 1.37. The van der Waals surface area contributed by atoms with E-state index in [1.807, 2.05) is 0 Å². The van der Waals surface area contributed by atoms with Gasteiger partial charge in [-0.25, -0.2) is 0 Å². The summed E-state index contributed by atoms with van der Waals surface area (Å²) in [6, 6.07) is 10.8. The van der Waals surface area contributed by atoms with Gasteiger partial charge in [0.05, 0.1) is 16.1 Å². The van der Waals surface area contributed by atoms with Gasteiger partial charge in [-0.3, -0.25) is 0 Å². The molecule has 1 rings (SSSR count). The molecule has 1 unspecified atom stereocenters. The molecule has 18 heavy (non-hydrogen) atoms.